The topological polar surface area (TPSA) is 51.8 Å². The highest BCUT2D eigenvalue weighted by Gasteiger charge is 2.16. The van der Waals surface area contributed by atoms with Crippen LogP contribution in [0.3, 0.4) is 0 Å². The van der Waals surface area contributed by atoms with Crippen LogP contribution in [-0.2, 0) is 19.3 Å². The van der Waals surface area contributed by atoms with Gasteiger partial charge in [0.05, 0.1) is 0 Å². The number of hydrogen-bond donors (Lipinski definition) is 1. The number of fused-ring (bicyclic) bond motifs is 1. The zero-order chi connectivity index (χ0) is 11.4. The molecule has 0 radical (unpaired) electrons. The standard InChI is InChI=1S/C13H21N3/c1-2-3-4-8-11-10-7-5-6-9-12(10)16-13(14)15-11/h2-9H2,1H3,(H2,14,15,16). The fourth-order valence-corrected chi connectivity index (χ4v) is 2.44. The number of nitrogens with zero attached hydrogens (tertiary/aromatic N) is 2. The van der Waals surface area contributed by atoms with Crippen molar-refractivity contribution in [3.8, 4) is 0 Å². The van der Waals surface area contributed by atoms with Gasteiger partial charge in [0.15, 0.2) is 0 Å². The van der Waals surface area contributed by atoms with Crippen molar-refractivity contribution in [2.24, 2.45) is 0 Å². The smallest absolute Gasteiger partial charge is 0.220 e. The molecular weight excluding hydrogens is 198 g/mol. The second-order valence-electron chi connectivity index (χ2n) is 4.62. The van der Waals surface area contributed by atoms with Gasteiger partial charge < -0.3 is 5.73 Å². The number of aromatic nitrogens is 2. The van der Waals surface area contributed by atoms with Crippen LogP contribution in [0.2, 0.25) is 0 Å². The highest BCUT2D eigenvalue weighted by Crippen LogP contribution is 2.23. The molecule has 2 N–H and O–H groups in total. The Morgan fingerprint density at radius 1 is 1.12 bits per heavy atom. The largest absolute Gasteiger partial charge is 0.368 e. The lowest BCUT2D eigenvalue weighted by atomic mass is 9.93. The summed E-state index contributed by atoms with van der Waals surface area (Å²) in [4.78, 5) is 8.79. The van der Waals surface area contributed by atoms with Gasteiger partial charge in [0, 0.05) is 11.4 Å². The average molecular weight is 219 g/mol. The quantitative estimate of drug-likeness (QED) is 0.792. The van der Waals surface area contributed by atoms with Gasteiger partial charge in [0.1, 0.15) is 0 Å². The molecule has 0 saturated carbocycles. The highest BCUT2D eigenvalue weighted by molar-refractivity contribution is 5.33. The van der Waals surface area contributed by atoms with Crippen LogP contribution in [-0.4, -0.2) is 9.97 Å². The van der Waals surface area contributed by atoms with E-state index in [2.05, 4.69) is 16.9 Å². The van der Waals surface area contributed by atoms with Gasteiger partial charge in [0.2, 0.25) is 5.95 Å². The van der Waals surface area contributed by atoms with Gasteiger partial charge >= 0.3 is 0 Å². The first-order valence-corrected chi connectivity index (χ1v) is 6.45. The molecule has 3 heteroatoms. The van der Waals surface area contributed by atoms with Crippen molar-refractivity contribution in [1.82, 2.24) is 9.97 Å². The third-order valence-corrected chi connectivity index (χ3v) is 3.30. The Balaban J connectivity index is 2.18. The SMILES string of the molecule is CCCCCc1nc(N)nc2c1CCCC2. The molecule has 0 fully saturated rings. The second kappa shape index (κ2) is 5.28. The van der Waals surface area contributed by atoms with Gasteiger partial charge in [-0.2, -0.15) is 0 Å². The summed E-state index contributed by atoms with van der Waals surface area (Å²) in [7, 11) is 0. The molecule has 0 aliphatic heterocycles. The van der Waals surface area contributed by atoms with Crippen LogP contribution >= 0.6 is 0 Å². The molecular formula is C13H21N3. The third-order valence-electron chi connectivity index (χ3n) is 3.30. The summed E-state index contributed by atoms with van der Waals surface area (Å²) in [5.41, 5.74) is 9.60. The molecule has 0 spiro atoms. The lowest BCUT2D eigenvalue weighted by Gasteiger charge is -2.18. The predicted molar refractivity (Wildman–Crippen MR) is 66.3 cm³/mol. The van der Waals surface area contributed by atoms with Gasteiger partial charge in [-0.3, -0.25) is 0 Å². The lowest BCUT2D eigenvalue weighted by molar-refractivity contribution is 0.639. The normalized spacial score (nSPS) is 14.8. The van der Waals surface area contributed by atoms with E-state index in [9.17, 15) is 0 Å². The molecule has 2 rings (SSSR count). The Labute approximate surface area is 97.5 Å². The number of anilines is 1. The van der Waals surface area contributed by atoms with Crippen molar-refractivity contribution < 1.29 is 0 Å². The summed E-state index contributed by atoms with van der Waals surface area (Å²) in [6.07, 6.45) is 9.59. The van der Waals surface area contributed by atoms with E-state index < -0.39 is 0 Å². The molecule has 0 unspecified atom stereocenters. The predicted octanol–water partition coefficient (Wildman–Crippen LogP) is 2.67. The Bertz CT molecular complexity index is 360. The van der Waals surface area contributed by atoms with Crippen LogP contribution in [0.5, 0.6) is 0 Å². The number of hydrogen-bond acceptors (Lipinski definition) is 3. The van der Waals surface area contributed by atoms with Crippen LogP contribution in [0.4, 0.5) is 5.95 Å². The van der Waals surface area contributed by atoms with E-state index in [0.717, 1.165) is 19.3 Å². The van der Waals surface area contributed by atoms with E-state index in [0.29, 0.717) is 5.95 Å². The zero-order valence-corrected chi connectivity index (χ0v) is 10.1. The van der Waals surface area contributed by atoms with Gasteiger partial charge in [-0.05, 0) is 44.1 Å². The Morgan fingerprint density at radius 2 is 1.94 bits per heavy atom. The Hall–Kier alpha value is -1.12. The molecule has 0 atom stereocenters. The zero-order valence-electron chi connectivity index (χ0n) is 10.1. The number of nitrogens with two attached hydrogens (primary N) is 1. The maximum Gasteiger partial charge on any atom is 0.220 e. The molecule has 88 valence electrons. The number of rotatable bonds is 4. The van der Waals surface area contributed by atoms with Crippen LogP contribution in [0.15, 0.2) is 0 Å². The van der Waals surface area contributed by atoms with E-state index in [1.165, 1.54) is 49.1 Å². The first-order chi connectivity index (χ1) is 7.81. The van der Waals surface area contributed by atoms with Gasteiger partial charge in [-0.25, -0.2) is 9.97 Å². The second-order valence-corrected chi connectivity index (χ2v) is 4.62. The number of nitrogen functional groups attached to an aromatic ring is 1. The van der Waals surface area contributed by atoms with E-state index in [1.54, 1.807) is 0 Å². The molecule has 1 heterocycles. The monoisotopic (exact) mass is 219 g/mol. The van der Waals surface area contributed by atoms with Crippen molar-refractivity contribution in [2.45, 2.75) is 58.3 Å². The summed E-state index contributed by atoms with van der Waals surface area (Å²) < 4.78 is 0. The van der Waals surface area contributed by atoms with Crippen LogP contribution in [0.25, 0.3) is 0 Å². The minimum absolute atomic E-state index is 0.465. The molecule has 0 aromatic carbocycles. The van der Waals surface area contributed by atoms with E-state index in [1.807, 2.05) is 0 Å². The minimum atomic E-state index is 0.465. The van der Waals surface area contributed by atoms with Crippen molar-refractivity contribution in [1.29, 1.82) is 0 Å². The first-order valence-electron chi connectivity index (χ1n) is 6.45. The molecule has 0 saturated heterocycles. The van der Waals surface area contributed by atoms with E-state index >= 15 is 0 Å². The summed E-state index contributed by atoms with van der Waals surface area (Å²) in [6, 6.07) is 0. The summed E-state index contributed by atoms with van der Waals surface area (Å²) in [6.45, 7) is 2.23. The molecule has 1 aromatic rings. The highest BCUT2D eigenvalue weighted by atomic mass is 15.0. The summed E-state index contributed by atoms with van der Waals surface area (Å²) in [5.74, 6) is 0.465. The average Bonchev–Trinajstić information content (AvgIpc) is 2.29. The lowest BCUT2D eigenvalue weighted by Crippen LogP contribution is -2.13. The maximum atomic E-state index is 5.76. The molecule has 0 bridgehead atoms. The van der Waals surface area contributed by atoms with Crippen molar-refractivity contribution in [3.63, 3.8) is 0 Å². The third kappa shape index (κ3) is 2.52. The first kappa shape index (κ1) is 11.4. The summed E-state index contributed by atoms with van der Waals surface area (Å²) in [5, 5.41) is 0. The van der Waals surface area contributed by atoms with E-state index in [4.69, 9.17) is 5.73 Å². The fraction of sp³-hybridized carbons (Fsp3) is 0.692. The van der Waals surface area contributed by atoms with Crippen molar-refractivity contribution in [3.05, 3.63) is 17.0 Å². The van der Waals surface area contributed by atoms with Crippen molar-refractivity contribution >= 4 is 5.95 Å². The summed E-state index contributed by atoms with van der Waals surface area (Å²) >= 11 is 0. The molecule has 0 amide bonds. The molecule has 1 aromatic heterocycles. The number of aryl methyl sites for hydroxylation is 2. The Morgan fingerprint density at radius 3 is 2.75 bits per heavy atom. The molecule has 16 heavy (non-hydrogen) atoms. The minimum Gasteiger partial charge on any atom is -0.368 e. The molecule has 1 aliphatic carbocycles. The van der Waals surface area contributed by atoms with Gasteiger partial charge in [-0.1, -0.05) is 19.8 Å². The molecule has 3 nitrogen and oxygen atoms in total. The van der Waals surface area contributed by atoms with Crippen LogP contribution in [0.1, 0.15) is 56.0 Å². The van der Waals surface area contributed by atoms with E-state index in [-0.39, 0.29) is 0 Å². The molecule has 1 aliphatic rings. The van der Waals surface area contributed by atoms with Crippen LogP contribution < -0.4 is 5.73 Å². The fourth-order valence-electron chi connectivity index (χ4n) is 2.44. The Kier molecular flexibility index (Phi) is 3.75. The van der Waals surface area contributed by atoms with Gasteiger partial charge in [-0.15, -0.1) is 0 Å². The number of unbranched alkanes of at least 4 members (excludes halogenated alkanes) is 2. The van der Waals surface area contributed by atoms with Gasteiger partial charge in [0.25, 0.3) is 0 Å². The van der Waals surface area contributed by atoms with Crippen LogP contribution in [0, 0.1) is 0 Å². The maximum absolute atomic E-state index is 5.76. The van der Waals surface area contributed by atoms with Crippen molar-refractivity contribution in [2.75, 3.05) is 5.73 Å².